The van der Waals surface area contributed by atoms with Crippen molar-refractivity contribution in [1.82, 2.24) is 4.72 Å². The maximum absolute atomic E-state index is 12.2. The zero-order valence-corrected chi connectivity index (χ0v) is 13.2. The number of halogens is 1. The quantitative estimate of drug-likeness (QED) is 0.830. The molecule has 0 heterocycles. The third-order valence-corrected chi connectivity index (χ3v) is 4.98. The van der Waals surface area contributed by atoms with Gasteiger partial charge in [-0.3, -0.25) is 0 Å². The Kier molecular flexibility index (Phi) is 4.88. The summed E-state index contributed by atoms with van der Waals surface area (Å²) in [6.07, 6.45) is 0. The van der Waals surface area contributed by atoms with E-state index in [0.717, 1.165) is 5.56 Å². The summed E-state index contributed by atoms with van der Waals surface area (Å²) in [5.41, 5.74) is 7.02. The third-order valence-electron chi connectivity index (χ3n) is 3.23. The molecule has 3 N–H and O–H groups in total. The average Bonchev–Trinajstić information content (AvgIpc) is 2.48. The van der Waals surface area contributed by atoms with Gasteiger partial charge in [-0.15, -0.1) is 0 Å². The highest BCUT2D eigenvalue weighted by atomic mass is 35.5. The summed E-state index contributed by atoms with van der Waals surface area (Å²) in [4.78, 5) is 0.113. The molecule has 0 bridgehead atoms. The monoisotopic (exact) mass is 324 g/mol. The molecule has 6 heteroatoms. The molecule has 0 aliphatic heterocycles. The first kappa shape index (κ1) is 15.8. The second-order valence-corrected chi connectivity index (χ2v) is 7.02. The van der Waals surface area contributed by atoms with E-state index in [0.29, 0.717) is 12.2 Å². The van der Waals surface area contributed by atoms with Gasteiger partial charge in [-0.1, -0.05) is 48.9 Å². The predicted molar refractivity (Wildman–Crippen MR) is 85.9 cm³/mol. The van der Waals surface area contributed by atoms with Gasteiger partial charge in [0.05, 0.1) is 15.6 Å². The second-order valence-electron chi connectivity index (χ2n) is 4.85. The number of nitrogens with one attached hydrogen (secondary N) is 1. The molecule has 0 fully saturated rings. The van der Waals surface area contributed by atoms with Crippen LogP contribution in [0, 0.1) is 0 Å². The van der Waals surface area contributed by atoms with E-state index in [9.17, 15) is 8.42 Å². The van der Waals surface area contributed by atoms with Crippen LogP contribution in [0.1, 0.15) is 18.4 Å². The normalized spacial score (nSPS) is 13.0. The first-order valence-corrected chi connectivity index (χ1v) is 8.36. The molecule has 0 aromatic heterocycles. The van der Waals surface area contributed by atoms with Gasteiger partial charge >= 0.3 is 0 Å². The molecule has 0 amide bonds. The molecule has 0 saturated carbocycles. The number of benzene rings is 2. The largest absolute Gasteiger partial charge is 0.398 e. The molecule has 112 valence electrons. The molecule has 2 rings (SSSR count). The first-order chi connectivity index (χ1) is 9.90. The fourth-order valence-corrected chi connectivity index (χ4v) is 3.29. The van der Waals surface area contributed by atoms with Gasteiger partial charge in [0.2, 0.25) is 10.0 Å². The fraction of sp³-hybridized carbons (Fsp3) is 0.200. The smallest absolute Gasteiger partial charge is 0.240 e. The van der Waals surface area contributed by atoms with Crippen LogP contribution in [-0.4, -0.2) is 15.0 Å². The summed E-state index contributed by atoms with van der Waals surface area (Å²) in [6.45, 7) is 2.28. The topological polar surface area (TPSA) is 72.2 Å². The van der Waals surface area contributed by atoms with Gasteiger partial charge < -0.3 is 5.73 Å². The van der Waals surface area contributed by atoms with Crippen LogP contribution >= 0.6 is 11.6 Å². The van der Waals surface area contributed by atoms with Gasteiger partial charge in [0.25, 0.3) is 0 Å². The zero-order chi connectivity index (χ0) is 15.5. The van der Waals surface area contributed by atoms with E-state index in [-0.39, 0.29) is 15.8 Å². The summed E-state index contributed by atoms with van der Waals surface area (Å²) in [6, 6.07) is 14.0. The molecule has 2 aromatic carbocycles. The summed E-state index contributed by atoms with van der Waals surface area (Å²) in [5.74, 6) is 0.0743. The van der Waals surface area contributed by atoms with Gasteiger partial charge in [0.15, 0.2) is 0 Å². The molecule has 21 heavy (non-hydrogen) atoms. The lowest BCUT2D eigenvalue weighted by atomic mass is 10.0. The highest BCUT2D eigenvalue weighted by molar-refractivity contribution is 7.89. The highest BCUT2D eigenvalue weighted by Crippen LogP contribution is 2.22. The van der Waals surface area contributed by atoms with Gasteiger partial charge in [-0.25, -0.2) is 13.1 Å². The van der Waals surface area contributed by atoms with E-state index in [4.69, 9.17) is 17.3 Å². The number of nitrogens with two attached hydrogens (primary N) is 1. The molecule has 1 unspecified atom stereocenters. The second kappa shape index (κ2) is 6.47. The van der Waals surface area contributed by atoms with Gasteiger partial charge in [-0.2, -0.15) is 0 Å². The van der Waals surface area contributed by atoms with Crippen LogP contribution < -0.4 is 10.5 Å². The van der Waals surface area contributed by atoms with Crippen LogP contribution in [0.15, 0.2) is 53.4 Å². The van der Waals surface area contributed by atoms with Crippen LogP contribution in [-0.2, 0) is 10.0 Å². The van der Waals surface area contributed by atoms with Crippen molar-refractivity contribution in [2.24, 2.45) is 0 Å². The maximum atomic E-state index is 12.2. The van der Waals surface area contributed by atoms with Crippen LogP contribution in [0.25, 0.3) is 0 Å². The number of sulfonamides is 1. The lowest BCUT2D eigenvalue weighted by Crippen LogP contribution is -2.27. The molecular weight excluding hydrogens is 308 g/mol. The Morgan fingerprint density at radius 1 is 1.19 bits per heavy atom. The number of rotatable bonds is 5. The minimum Gasteiger partial charge on any atom is -0.398 e. The van der Waals surface area contributed by atoms with Crippen LogP contribution in [0.4, 0.5) is 5.69 Å². The molecule has 2 aromatic rings. The van der Waals surface area contributed by atoms with Gasteiger partial charge in [0, 0.05) is 6.54 Å². The van der Waals surface area contributed by atoms with Crippen molar-refractivity contribution in [3.63, 3.8) is 0 Å². The van der Waals surface area contributed by atoms with Gasteiger partial charge in [0.1, 0.15) is 0 Å². The molecular formula is C15H17ClN2O2S. The molecule has 0 aliphatic rings. The maximum Gasteiger partial charge on any atom is 0.240 e. The molecule has 0 aliphatic carbocycles. The number of anilines is 1. The summed E-state index contributed by atoms with van der Waals surface area (Å²) < 4.78 is 27.0. The highest BCUT2D eigenvalue weighted by Gasteiger charge is 2.16. The van der Waals surface area contributed by atoms with E-state index in [1.165, 1.54) is 18.2 Å². The molecule has 1 atom stereocenters. The Morgan fingerprint density at radius 2 is 1.86 bits per heavy atom. The Labute approximate surface area is 130 Å². The van der Waals surface area contributed by atoms with Crippen molar-refractivity contribution >= 4 is 27.3 Å². The minimum atomic E-state index is -3.59. The minimum absolute atomic E-state index is 0.0743. The van der Waals surface area contributed by atoms with Crippen molar-refractivity contribution in [1.29, 1.82) is 0 Å². The Balaban J connectivity index is 2.09. The fourth-order valence-electron chi connectivity index (χ4n) is 1.89. The van der Waals surface area contributed by atoms with Crippen molar-refractivity contribution in [3.8, 4) is 0 Å². The van der Waals surface area contributed by atoms with Crippen LogP contribution in [0.5, 0.6) is 0 Å². The molecule has 0 spiro atoms. The molecule has 4 nitrogen and oxygen atoms in total. The Morgan fingerprint density at radius 3 is 2.48 bits per heavy atom. The average molecular weight is 325 g/mol. The summed E-state index contributed by atoms with van der Waals surface area (Å²) in [5, 5.41) is 0.231. The standard InChI is InChI=1S/C15H17ClN2O2S/c1-11(12-5-3-2-4-6-12)10-18-21(19,20)13-7-8-15(17)14(16)9-13/h2-9,11,18H,10,17H2,1H3. The summed E-state index contributed by atoms with van der Waals surface area (Å²) in [7, 11) is -3.59. The van der Waals surface area contributed by atoms with Crippen LogP contribution in [0.2, 0.25) is 5.02 Å². The Bertz CT molecular complexity index is 718. The van der Waals surface area contributed by atoms with E-state index in [1.807, 2.05) is 37.3 Å². The molecule has 0 saturated heterocycles. The third kappa shape index (κ3) is 3.97. The predicted octanol–water partition coefficient (Wildman–Crippen LogP) is 3.00. The number of nitrogen functional groups attached to an aromatic ring is 1. The van der Waals surface area contributed by atoms with Crippen LogP contribution in [0.3, 0.4) is 0 Å². The number of hydrogen-bond donors (Lipinski definition) is 2. The first-order valence-electron chi connectivity index (χ1n) is 6.50. The zero-order valence-electron chi connectivity index (χ0n) is 11.6. The number of hydrogen-bond acceptors (Lipinski definition) is 3. The van der Waals surface area contributed by atoms with Crippen molar-refractivity contribution < 1.29 is 8.42 Å². The van der Waals surface area contributed by atoms with E-state index in [1.54, 1.807) is 0 Å². The van der Waals surface area contributed by atoms with E-state index in [2.05, 4.69) is 4.72 Å². The molecule has 0 radical (unpaired) electrons. The lowest BCUT2D eigenvalue weighted by molar-refractivity contribution is 0.575. The van der Waals surface area contributed by atoms with E-state index < -0.39 is 10.0 Å². The SMILES string of the molecule is CC(CNS(=O)(=O)c1ccc(N)c(Cl)c1)c1ccccc1. The Hall–Kier alpha value is -1.56. The lowest BCUT2D eigenvalue weighted by Gasteiger charge is -2.13. The summed E-state index contributed by atoms with van der Waals surface area (Å²) >= 11 is 5.86. The van der Waals surface area contributed by atoms with Gasteiger partial charge in [-0.05, 0) is 29.7 Å². The van der Waals surface area contributed by atoms with Crippen molar-refractivity contribution in [2.45, 2.75) is 17.7 Å². The van der Waals surface area contributed by atoms with Crippen molar-refractivity contribution in [2.75, 3.05) is 12.3 Å². The van der Waals surface area contributed by atoms with E-state index >= 15 is 0 Å². The van der Waals surface area contributed by atoms with Crippen molar-refractivity contribution in [3.05, 3.63) is 59.1 Å².